The second-order valence-corrected chi connectivity index (χ2v) is 8.51. The number of methoxy groups -OCH3 is 1. The van der Waals surface area contributed by atoms with Gasteiger partial charge in [0.2, 0.25) is 5.89 Å². The molecule has 1 saturated heterocycles. The average molecular weight is 481 g/mol. The fourth-order valence-corrected chi connectivity index (χ4v) is 3.89. The summed E-state index contributed by atoms with van der Waals surface area (Å²) < 4.78 is 16.3. The maximum Gasteiger partial charge on any atom is 0.273 e. The lowest BCUT2D eigenvalue weighted by atomic mass is 10.2. The molecule has 1 amide bonds. The number of aromatic nitrogens is 1. The Bertz CT molecular complexity index is 1050. The highest BCUT2D eigenvalue weighted by Gasteiger charge is 2.21. The summed E-state index contributed by atoms with van der Waals surface area (Å²) >= 11 is 0. The molecule has 0 radical (unpaired) electrons. The zero-order chi connectivity index (χ0) is 24.5. The Hall–Kier alpha value is -3.40. The Labute approximate surface area is 205 Å². The minimum absolute atomic E-state index is 0.234. The Morgan fingerprint density at radius 3 is 2.46 bits per heavy atom. The van der Waals surface area contributed by atoms with E-state index in [1.54, 1.807) is 7.11 Å². The van der Waals surface area contributed by atoms with Crippen molar-refractivity contribution in [3.8, 4) is 11.5 Å². The van der Waals surface area contributed by atoms with Crippen LogP contribution in [0.25, 0.3) is 0 Å². The fraction of sp³-hybridized carbons (Fsp3) is 0.385. The van der Waals surface area contributed by atoms with E-state index >= 15 is 0 Å². The second-order valence-electron chi connectivity index (χ2n) is 8.51. The van der Waals surface area contributed by atoms with Gasteiger partial charge in [-0.15, -0.1) is 0 Å². The largest absolute Gasteiger partial charge is 0.497 e. The van der Waals surface area contributed by atoms with Gasteiger partial charge in [-0.1, -0.05) is 30.3 Å². The van der Waals surface area contributed by atoms with Crippen molar-refractivity contribution in [2.45, 2.75) is 19.2 Å². The van der Waals surface area contributed by atoms with Gasteiger partial charge in [0.05, 0.1) is 13.7 Å². The van der Waals surface area contributed by atoms with Crippen molar-refractivity contribution in [1.29, 1.82) is 0 Å². The van der Waals surface area contributed by atoms with Crippen LogP contribution in [0.3, 0.4) is 0 Å². The maximum absolute atomic E-state index is 12.3. The summed E-state index contributed by atoms with van der Waals surface area (Å²) in [6, 6.07) is 17.0. The van der Waals surface area contributed by atoms with Crippen LogP contribution in [0.5, 0.6) is 11.5 Å². The van der Waals surface area contributed by atoms with Crippen LogP contribution in [0.1, 0.15) is 21.9 Å². The number of piperazine rings is 1. The van der Waals surface area contributed by atoms with E-state index in [1.807, 2.05) is 54.6 Å². The van der Waals surface area contributed by atoms with Crippen LogP contribution >= 0.6 is 0 Å². The number of rotatable bonds is 11. The summed E-state index contributed by atoms with van der Waals surface area (Å²) in [6.07, 6.45) is 0.831. The third-order valence-corrected chi connectivity index (χ3v) is 5.87. The molecule has 3 aromatic rings. The van der Waals surface area contributed by atoms with Crippen molar-refractivity contribution in [3.63, 3.8) is 0 Å². The monoisotopic (exact) mass is 480 g/mol. The number of aliphatic hydroxyl groups is 1. The molecule has 0 spiro atoms. The number of hydrogen-bond acceptors (Lipinski definition) is 8. The minimum Gasteiger partial charge on any atom is -0.497 e. The molecule has 2 N–H and O–H groups in total. The first-order valence-corrected chi connectivity index (χ1v) is 11.7. The molecule has 9 nitrogen and oxygen atoms in total. The predicted octanol–water partition coefficient (Wildman–Crippen LogP) is 2.17. The number of carbonyl (C=O) groups is 1. The van der Waals surface area contributed by atoms with E-state index < -0.39 is 6.10 Å². The number of amides is 1. The van der Waals surface area contributed by atoms with Crippen molar-refractivity contribution in [3.05, 3.63) is 78.0 Å². The van der Waals surface area contributed by atoms with Crippen LogP contribution in [0.15, 0.2) is 65.3 Å². The molecular weight excluding hydrogens is 448 g/mol. The molecule has 0 saturated carbocycles. The van der Waals surface area contributed by atoms with E-state index in [1.165, 1.54) is 6.26 Å². The van der Waals surface area contributed by atoms with E-state index in [4.69, 9.17) is 13.9 Å². The topological polar surface area (TPSA) is 100 Å². The number of β-amino-alcohol motifs (C(OH)–C–C–N with tert-alkyl or cyclic N) is 1. The lowest BCUT2D eigenvalue weighted by Gasteiger charge is -2.34. The fourth-order valence-electron chi connectivity index (χ4n) is 3.89. The molecule has 0 aliphatic carbocycles. The normalized spacial score (nSPS) is 15.5. The number of hydrogen-bond donors (Lipinski definition) is 2. The number of benzene rings is 2. The number of carbonyl (C=O) groups excluding carboxylic acids is 1. The van der Waals surface area contributed by atoms with Crippen molar-refractivity contribution in [1.82, 2.24) is 20.1 Å². The first-order chi connectivity index (χ1) is 17.1. The van der Waals surface area contributed by atoms with Gasteiger partial charge in [0.15, 0.2) is 5.69 Å². The molecule has 1 aliphatic rings. The highest BCUT2D eigenvalue weighted by atomic mass is 16.5. The molecule has 1 fully saturated rings. The summed E-state index contributed by atoms with van der Waals surface area (Å²) in [5.41, 5.74) is 1.31. The van der Waals surface area contributed by atoms with Crippen molar-refractivity contribution in [2.75, 3.05) is 46.4 Å². The van der Waals surface area contributed by atoms with Gasteiger partial charge in [-0.3, -0.25) is 14.6 Å². The molecular formula is C26H32N4O5. The van der Waals surface area contributed by atoms with Gasteiger partial charge < -0.3 is 24.3 Å². The van der Waals surface area contributed by atoms with Crippen LogP contribution in [-0.4, -0.2) is 78.3 Å². The second kappa shape index (κ2) is 12.3. The number of nitrogens with zero attached hydrogens (tertiary/aromatic N) is 3. The van der Waals surface area contributed by atoms with E-state index in [0.717, 1.165) is 37.5 Å². The quantitative estimate of drug-likeness (QED) is 0.431. The van der Waals surface area contributed by atoms with Crippen LogP contribution in [-0.2, 0) is 13.1 Å². The first kappa shape index (κ1) is 24.7. The molecule has 2 heterocycles. The summed E-state index contributed by atoms with van der Waals surface area (Å²) in [4.78, 5) is 21.1. The van der Waals surface area contributed by atoms with Gasteiger partial charge in [-0.2, -0.15) is 0 Å². The Morgan fingerprint density at radius 2 is 1.74 bits per heavy atom. The molecule has 0 unspecified atom stereocenters. The molecule has 1 aromatic heterocycles. The van der Waals surface area contributed by atoms with Gasteiger partial charge in [0.25, 0.3) is 5.91 Å². The third-order valence-electron chi connectivity index (χ3n) is 5.87. The highest BCUT2D eigenvalue weighted by molar-refractivity contribution is 5.91. The molecule has 0 bridgehead atoms. The smallest absolute Gasteiger partial charge is 0.273 e. The Kier molecular flexibility index (Phi) is 8.72. The molecule has 9 heteroatoms. The summed E-state index contributed by atoms with van der Waals surface area (Å²) in [5.74, 6) is 1.74. The molecule has 2 aromatic carbocycles. The van der Waals surface area contributed by atoms with Gasteiger partial charge in [0, 0.05) is 39.3 Å². The average Bonchev–Trinajstić information content (AvgIpc) is 3.37. The van der Waals surface area contributed by atoms with E-state index in [0.29, 0.717) is 31.3 Å². The number of ether oxygens (including phenoxy) is 2. The van der Waals surface area contributed by atoms with Crippen LogP contribution in [0.4, 0.5) is 0 Å². The zero-order valence-corrected chi connectivity index (χ0v) is 19.9. The van der Waals surface area contributed by atoms with Gasteiger partial charge in [-0.25, -0.2) is 4.98 Å². The standard InChI is InChI=1S/C26H32N4O5/c1-33-22-7-9-23(10-8-22)34-18-21(31)16-29-11-13-30(14-12-29)17-25-28-24(19-35-25)26(32)27-15-20-5-3-2-4-6-20/h2-10,19,21,31H,11-18H2,1H3,(H,27,32)/t21-/m0/s1. The van der Waals surface area contributed by atoms with Gasteiger partial charge in [-0.05, 0) is 29.8 Å². The minimum atomic E-state index is -0.577. The Balaban J connectivity index is 1.15. The zero-order valence-electron chi connectivity index (χ0n) is 19.9. The van der Waals surface area contributed by atoms with Crippen LogP contribution < -0.4 is 14.8 Å². The van der Waals surface area contributed by atoms with E-state index in [-0.39, 0.29) is 18.2 Å². The molecule has 35 heavy (non-hydrogen) atoms. The number of nitrogens with one attached hydrogen (secondary N) is 1. The first-order valence-electron chi connectivity index (χ1n) is 11.7. The lowest BCUT2D eigenvalue weighted by molar-refractivity contribution is 0.0430. The van der Waals surface area contributed by atoms with Crippen LogP contribution in [0, 0.1) is 0 Å². The summed E-state index contributed by atoms with van der Waals surface area (Å²) in [6.45, 7) is 5.07. The van der Waals surface area contributed by atoms with E-state index in [9.17, 15) is 9.90 Å². The van der Waals surface area contributed by atoms with Gasteiger partial charge >= 0.3 is 0 Å². The van der Waals surface area contributed by atoms with Crippen molar-refractivity contribution in [2.24, 2.45) is 0 Å². The molecule has 186 valence electrons. The SMILES string of the molecule is COc1ccc(OC[C@@H](O)CN2CCN(Cc3nc(C(=O)NCc4ccccc4)co3)CC2)cc1. The Morgan fingerprint density at radius 1 is 1.06 bits per heavy atom. The van der Waals surface area contributed by atoms with Gasteiger partial charge in [0.1, 0.15) is 30.5 Å². The number of oxazole rings is 1. The van der Waals surface area contributed by atoms with Crippen molar-refractivity contribution < 1.29 is 23.8 Å². The summed E-state index contributed by atoms with van der Waals surface area (Å²) in [5, 5.41) is 13.2. The lowest BCUT2D eigenvalue weighted by Crippen LogP contribution is -2.48. The maximum atomic E-state index is 12.3. The highest BCUT2D eigenvalue weighted by Crippen LogP contribution is 2.17. The molecule has 4 rings (SSSR count). The molecule has 1 atom stereocenters. The number of aliphatic hydroxyl groups excluding tert-OH is 1. The third kappa shape index (κ3) is 7.54. The van der Waals surface area contributed by atoms with Crippen molar-refractivity contribution >= 4 is 5.91 Å². The van der Waals surface area contributed by atoms with E-state index in [2.05, 4.69) is 20.1 Å². The summed E-state index contributed by atoms with van der Waals surface area (Å²) in [7, 11) is 1.62. The molecule has 1 aliphatic heterocycles. The predicted molar refractivity (Wildman–Crippen MR) is 130 cm³/mol. The van der Waals surface area contributed by atoms with Crippen LogP contribution in [0.2, 0.25) is 0 Å².